The maximum absolute atomic E-state index is 13.1. The molecule has 1 amide bonds. The average molecular weight is 480 g/mol. The number of aryl methyl sites for hydroxylation is 1. The maximum Gasteiger partial charge on any atom is 0.333 e. The number of fused-ring (bicyclic) bond motifs is 1. The number of nitrogens with one attached hydrogen (secondary N) is 2. The summed E-state index contributed by atoms with van der Waals surface area (Å²) < 4.78 is 13.0. The Hall–Kier alpha value is -3.92. The summed E-state index contributed by atoms with van der Waals surface area (Å²) in [5.41, 5.74) is 2.63. The quantitative estimate of drug-likeness (QED) is 0.513. The molecule has 10 heteroatoms. The van der Waals surface area contributed by atoms with Crippen molar-refractivity contribution in [1.82, 2.24) is 14.5 Å². The lowest BCUT2D eigenvalue weighted by Crippen LogP contribution is -2.45. The molecule has 2 aliphatic rings. The van der Waals surface area contributed by atoms with Gasteiger partial charge in [-0.3, -0.25) is 4.79 Å². The number of ether oxygens (including phenoxy) is 2. The van der Waals surface area contributed by atoms with Crippen molar-refractivity contribution < 1.29 is 19.4 Å². The van der Waals surface area contributed by atoms with Crippen molar-refractivity contribution in [3.05, 3.63) is 58.6 Å². The van der Waals surface area contributed by atoms with Crippen LogP contribution in [0.3, 0.4) is 0 Å². The number of piperazine rings is 1. The molecule has 3 heterocycles. The monoisotopic (exact) mass is 479 g/mol. The number of amides is 1. The zero-order valence-electron chi connectivity index (χ0n) is 19.8. The Kier molecular flexibility index (Phi) is 6.12. The third-order valence-electron chi connectivity index (χ3n) is 6.58. The molecule has 0 bridgehead atoms. The number of hydrogen-bond acceptors (Lipinski definition) is 7. The van der Waals surface area contributed by atoms with Crippen molar-refractivity contribution in [2.75, 3.05) is 50.6 Å². The van der Waals surface area contributed by atoms with E-state index >= 15 is 0 Å². The number of H-pyrrole nitrogens is 1. The first kappa shape index (κ1) is 22.9. The Labute approximate surface area is 202 Å². The van der Waals surface area contributed by atoms with Gasteiger partial charge in [0.1, 0.15) is 11.5 Å². The number of methoxy groups -OCH3 is 1. The van der Waals surface area contributed by atoms with Gasteiger partial charge in [0.05, 0.1) is 24.7 Å². The molecule has 2 aromatic carbocycles. The highest BCUT2D eigenvalue weighted by Crippen LogP contribution is 2.41. The predicted octanol–water partition coefficient (Wildman–Crippen LogP) is 1.96. The highest BCUT2D eigenvalue weighted by atomic mass is 16.5. The first-order chi connectivity index (χ1) is 16.9. The minimum atomic E-state index is -0.627. The number of carbonyl (C=O) groups excluding carboxylic acids is 1. The second kappa shape index (κ2) is 9.38. The van der Waals surface area contributed by atoms with Gasteiger partial charge in [0, 0.05) is 43.5 Å². The van der Waals surface area contributed by atoms with Crippen LogP contribution in [0.4, 0.5) is 11.4 Å². The number of aromatic nitrogens is 2. The number of likely N-dealkylation sites (N-methyl/N-ethyl adjacent to an activating group) is 1. The molecule has 3 N–H and O–H groups in total. The van der Waals surface area contributed by atoms with E-state index in [2.05, 4.69) is 27.1 Å². The lowest BCUT2D eigenvalue weighted by molar-refractivity contribution is -0.123. The number of nitrogens with zero attached hydrogens (tertiary/aromatic N) is 3. The van der Waals surface area contributed by atoms with Crippen LogP contribution in [0.15, 0.2) is 47.4 Å². The largest absolute Gasteiger partial charge is 0.497 e. The summed E-state index contributed by atoms with van der Waals surface area (Å²) in [6.45, 7) is 3.67. The molecule has 1 unspecified atom stereocenters. The van der Waals surface area contributed by atoms with Crippen LogP contribution < -0.4 is 25.4 Å². The number of aromatic amines is 1. The summed E-state index contributed by atoms with van der Waals surface area (Å²) in [7, 11) is 3.77. The molecule has 1 fully saturated rings. The molecule has 0 spiro atoms. The molecule has 3 aromatic rings. The van der Waals surface area contributed by atoms with E-state index in [0.29, 0.717) is 24.2 Å². The molecular formula is C25H29N5O5. The van der Waals surface area contributed by atoms with Gasteiger partial charge in [-0.25, -0.2) is 9.36 Å². The molecule has 0 radical (unpaired) electrons. The molecule has 1 atom stereocenters. The van der Waals surface area contributed by atoms with E-state index in [1.54, 1.807) is 31.4 Å². The fraction of sp³-hybridized carbons (Fsp3) is 0.360. The zero-order valence-corrected chi connectivity index (χ0v) is 19.8. The molecule has 10 nitrogen and oxygen atoms in total. The smallest absolute Gasteiger partial charge is 0.333 e. The van der Waals surface area contributed by atoms with Crippen molar-refractivity contribution in [2.45, 2.75) is 18.9 Å². The van der Waals surface area contributed by atoms with Gasteiger partial charge in [-0.1, -0.05) is 0 Å². The van der Waals surface area contributed by atoms with Gasteiger partial charge in [-0.15, -0.1) is 0 Å². The number of benzene rings is 2. The third kappa shape index (κ3) is 4.57. The number of aromatic hydroxyl groups is 1. The Morgan fingerprint density at radius 3 is 2.57 bits per heavy atom. The molecular weight excluding hydrogens is 450 g/mol. The van der Waals surface area contributed by atoms with Crippen LogP contribution in [0.25, 0.3) is 5.69 Å². The van der Waals surface area contributed by atoms with Gasteiger partial charge in [-0.2, -0.15) is 0 Å². The Morgan fingerprint density at radius 2 is 1.91 bits per heavy atom. The first-order valence-electron chi connectivity index (χ1n) is 11.6. The van der Waals surface area contributed by atoms with Crippen molar-refractivity contribution in [2.24, 2.45) is 0 Å². The summed E-state index contributed by atoms with van der Waals surface area (Å²) >= 11 is 0. The number of anilines is 2. The van der Waals surface area contributed by atoms with Gasteiger partial charge < -0.3 is 34.7 Å². The molecule has 184 valence electrons. The van der Waals surface area contributed by atoms with Crippen LogP contribution in [0.2, 0.25) is 0 Å². The molecule has 35 heavy (non-hydrogen) atoms. The lowest BCUT2D eigenvalue weighted by Gasteiger charge is -2.37. The molecule has 0 aliphatic carbocycles. The van der Waals surface area contributed by atoms with Crippen LogP contribution >= 0.6 is 0 Å². The topological polar surface area (TPSA) is 112 Å². The minimum Gasteiger partial charge on any atom is -0.497 e. The highest BCUT2D eigenvalue weighted by molar-refractivity contribution is 5.94. The van der Waals surface area contributed by atoms with Crippen molar-refractivity contribution >= 4 is 17.3 Å². The zero-order chi connectivity index (χ0) is 24.5. The van der Waals surface area contributed by atoms with E-state index in [9.17, 15) is 14.7 Å². The average Bonchev–Trinajstić information content (AvgIpc) is 3.21. The summed E-state index contributed by atoms with van der Waals surface area (Å²) in [5.74, 6) is 1.12. The summed E-state index contributed by atoms with van der Waals surface area (Å²) in [6.07, 6.45) is 1.86. The lowest BCUT2D eigenvalue weighted by atomic mass is 9.99. The van der Waals surface area contributed by atoms with Crippen LogP contribution in [-0.2, 0) is 11.2 Å². The standard InChI is InChI=1S/C25H29N5O5/c1-28-9-11-29(12-10-28)20-14-19(34-2)13-16-3-8-21(35-23(16)20)24(32)27-17-4-6-18(7-5-17)30-22(31)15-26-25(30)33/h4-7,13-15,21,31H,3,8-12H2,1-2H3,(H,26,33)(H,27,32). The second-order valence-corrected chi connectivity index (χ2v) is 8.89. The molecule has 0 saturated carbocycles. The normalized spacial score (nSPS) is 18.0. The van der Waals surface area contributed by atoms with E-state index in [4.69, 9.17) is 9.47 Å². The van der Waals surface area contributed by atoms with Gasteiger partial charge in [0.15, 0.2) is 6.10 Å². The van der Waals surface area contributed by atoms with Crippen LogP contribution in [0.1, 0.15) is 12.0 Å². The fourth-order valence-electron chi connectivity index (χ4n) is 4.56. The first-order valence-corrected chi connectivity index (χ1v) is 11.6. The number of rotatable bonds is 5. The van der Waals surface area contributed by atoms with Crippen molar-refractivity contribution in [3.8, 4) is 23.1 Å². The molecule has 5 rings (SSSR count). The second-order valence-electron chi connectivity index (χ2n) is 8.89. The minimum absolute atomic E-state index is 0.186. The van der Waals surface area contributed by atoms with Gasteiger partial charge in [0.25, 0.3) is 5.91 Å². The summed E-state index contributed by atoms with van der Waals surface area (Å²) in [6, 6.07) is 10.6. The van der Waals surface area contributed by atoms with Crippen LogP contribution in [0.5, 0.6) is 17.4 Å². The Bertz CT molecular complexity index is 1270. The van der Waals surface area contributed by atoms with Crippen LogP contribution in [0, 0.1) is 0 Å². The highest BCUT2D eigenvalue weighted by Gasteiger charge is 2.31. The van der Waals surface area contributed by atoms with Crippen molar-refractivity contribution in [1.29, 1.82) is 0 Å². The Morgan fingerprint density at radius 1 is 1.17 bits per heavy atom. The third-order valence-corrected chi connectivity index (χ3v) is 6.58. The summed E-state index contributed by atoms with van der Waals surface area (Å²) in [5, 5.41) is 12.7. The number of imidazole rings is 1. The SMILES string of the molecule is COc1cc2c(c(N3CCN(C)CC3)c1)OC(C(=O)Nc1ccc(-n3c(O)c[nH]c3=O)cc1)CC2. The van der Waals surface area contributed by atoms with Crippen LogP contribution in [-0.4, -0.2) is 71.9 Å². The van der Waals surface area contributed by atoms with Crippen molar-refractivity contribution in [3.63, 3.8) is 0 Å². The summed E-state index contributed by atoms with van der Waals surface area (Å²) in [4.78, 5) is 31.9. The molecule has 1 aromatic heterocycles. The van der Waals surface area contributed by atoms with E-state index in [1.807, 2.05) is 12.1 Å². The van der Waals surface area contributed by atoms with E-state index < -0.39 is 11.8 Å². The van der Waals surface area contributed by atoms with E-state index in [1.165, 1.54) is 6.20 Å². The number of hydrogen-bond donors (Lipinski definition) is 3. The van der Waals surface area contributed by atoms with Gasteiger partial charge in [-0.05, 0) is 50.2 Å². The van der Waals surface area contributed by atoms with Gasteiger partial charge in [0.2, 0.25) is 5.88 Å². The predicted molar refractivity (Wildman–Crippen MR) is 132 cm³/mol. The number of carbonyl (C=O) groups is 1. The van der Waals surface area contributed by atoms with E-state index in [-0.39, 0.29) is 11.8 Å². The van der Waals surface area contributed by atoms with Gasteiger partial charge >= 0.3 is 5.69 Å². The maximum atomic E-state index is 13.1. The Balaban J connectivity index is 1.32. The fourth-order valence-corrected chi connectivity index (χ4v) is 4.56. The van der Waals surface area contributed by atoms with E-state index in [0.717, 1.165) is 53.5 Å². The molecule has 2 aliphatic heterocycles. The molecule has 1 saturated heterocycles.